The molecule has 0 bridgehead atoms. The lowest BCUT2D eigenvalue weighted by Gasteiger charge is -2.16. The molecule has 0 aliphatic carbocycles. The Labute approximate surface area is 98.5 Å². The van der Waals surface area contributed by atoms with E-state index < -0.39 is 11.9 Å². The average molecular weight is 247 g/mol. The number of halogens is 1. The number of carbonyl (C=O) groups is 1. The van der Waals surface area contributed by atoms with Crippen molar-refractivity contribution in [1.29, 1.82) is 0 Å². The molecule has 0 radical (unpaired) electrons. The van der Waals surface area contributed by atoms with E-state index in [0.29, 0.717) is 5.89 Å². The Morgan fingerprint density at radius 3 is 2.44 bits per heavy atom. The number of primary amides is 1. The molecule has 0 aliphatic heterocycles. The molecule has 0 aliphatic rings. The fourth-order valence-electron chi connectivity index (χ4n) is 1.15. The van der Waals surface area contributed by atoms with Crippen LogP contribution < -0.4 is 11.1 Å². The molecule has 0 fully saturated rings. The van der Waals surface area contributed by atoms with Gasteiger partial charge in [-0.25, -0.2) is 0 Å². The largest absolute Gasteiger partial charge is 0.406 e. The zero-order chi connectivity index (χ0) is 12.3. The number of nitrogens with two attached hydrogens (primary N) is 1. The maximum atomic E-state index is 11.1. The third-order valence-corrected chi connectivity index (χ3v) is 2.22. The molecule has 90 valence electrons. The van der Waals surface area contributed by atoms with Crippen molar-refractivity contribution in [1.82, 2.24) is 10.2 Å². The quantitative estimate of drug-likeness (QED) is 0.764. The van der Waals surface area contributed by atoms with Crippen LogP contribution in [0.3, 0.4) is 0 Å². The molecule has 3 N–H and O–H groups in total. The first-order valence-corrected chi connectivity index (χ1v) is 5.38. The number of hydrogen-bond donors (Lipinski definition) is 2. The summed E-state index contributed by atoms with van der Waals surface area (Å²) in [6, 6.07) is -0.390. The summed E-state index contributed by atoms with van der Waals surface area (Å²) in [4.78, 5) is 11.1. The molecule has 1 aromatic heterocycles. The highest BCUT2D eigenvalue weighted by Gasteiger charge is 2.22. The normalized spacial score (nSPS) is 14.8. The molecule has 2 unspecified atom stereocenters. The summed E-state index contributed by atoms with van der Waals surface area (Å²) in [6.07, 6.45) is 0. The van der Waals surface area contributed by atoms with Gasteiger partial charge < -0.3 is 15.5 Å². The van der Waals surface area contributed by atoms with Gasteiger partial charge in [0.1, 0.15) is 11.4 Å². The fraction of sp³-hybridized carbons (Fsp3) is 0.667. The molecule has 0 aromatic carbocycles. The lowest BCUT2D eigenvalue weighted by Crippen LogP contribution is -2.39. The SMILES string of the molecule is CC(Cl)c1nnc(NC(C(N)=O)C(C)C)o1. The monoisotopic (exact) mass is 246 g/mol. The predicted molar refractivity (Wildman–Crippen MR) is 60.0 cm³/mol. The van der Waals surface area contributed by atoms with Gasteiger partial charge in [0.25, 0.3) is 0 Å². The molecular formula is C9H15ClN4O2. The third kappa shape index (κ3) is 3.10. The maximum Gasteiger partial charge on any atom is 0.316 e. The van der Waals surface area contributed by atoms with Crippen LogP contribution in [0.1, 0.15) is 32.0 Å². The van der Waals surface area contributed by atoms with E-state index in [9.17, 15) is 4.79 Å². The van der Waals surface area contributed by atoms with E-state index in [1.54, 1.807) is 6.92 Å². The van der Waals surface area contributed by atoms with Crippen LogP contribution in [-0.2, 0) is 4.79 Å². The average Bonchev–Trinajstić information content (AvgIpc) is 2.61. The molecule has 0 saturated heterocycles. The molecule has 1 heterocycles. The molecule has 6 nitrogen and oxygen atoms in total. The van der Waals surface area contributed by atoms with Gasteiger partial charge >= 0.3 is 6.01 Å². The van der Waals surface area contributed by atoms with Gasteiger partial charge in [-0.1, -0.05) is 18.9 Å². The van der Waals surface area contributed by atoms with Gasteiger partial charge in [-0.3, -0.25) is 4.79 Å². The van der Waals surface area contributed by atoms with Crippen LogP contribution in [0.2, 0.25) is 0 Å². The van der Waals surface area contributed by atoms with Crippen LogP contribution in [0, 0.1) is 5.92 Å². The number of amides is 1. The van der Waals surface area contributed by atoms with E-state index in [0.717, 1.165) is 0 Å². The Morgan fingerprint density at radius 1 is 1.44 bits per heavy atom. The van der Waals surface area contributed by atoms with Crippen molar-refractivity contribution in [3.8, 4) is 0 Å². The number of rotatable bonds is 5. The summed E-state index contributed by atoms with van der Waals surface area (Å²) in [5.74, 6) is -0.133. The Bertz CT molecular complexity index is 364. The van der Waals surface area contributed by atoms with Crippen LogP contribution in [0.25, 0.3) is 0 Å². The topological polar surface area (TPSA) is 94.0 Å². The minimum atomic E-state index is -0.543. The summed E-state index contributed by atoms with van der Waals surface area (Å²) in [5, 5.41) is 9.86. The first-order valence-electron chi connectivity index (χ1n) is 4.95. The maximum absolute atomic E-state index is 11.1. The van der Waals surface area contributed by atoms with Gasteiger partial charge in [0.05, 0.1) is 0 Å². The lowest BCUT2D eigenvalue weighted by atomic mass is 10.0. The van der Waals surface area contributed by atoms with E-state index in [-0.39, 0.29) is 17.3 Å². The number of alkyl halides is 1. The highest BCUT2D eigenvalue weighted by Crippen LogP contribution is 2.20. The molecule has 0 saturated carbocycles. The van der Waals surface area contributed by atoms with E-state index >= 15 is 0 Å². The lowest BCUT2D eigenvalue weighted by molar-refractivity contribution is -0.119. The van der Waals surface area contributed by atoms with Crippen molar-refractivity contribution >= 4 is 23.5 Å². The molecule has 1 aromatic rings. The Hall–Kier alpha value is -1.30. The minimum absolute atomic E-state index is 0.0290. The van der Waals surface area contributed by atoms with Crippen LogP contribution in [0.5, 0.6) is 0 Å². The number of hydrogen-bond acceptors (Lipinski definition) is 5. The zero-order valence-electron chi connectivity index (χ0n) is 9.40. The Kier molecular flexibility index (Phi) is 4.12. The Balaban J connectivity index is 2.74. The number of aromatic nitrogens is 2. The van der Waals surface area contributed by atoms with E-state index in [1.165, 1.54) is 0 Å². The van der Waals surface area contributed by atoms with Crippen LogP contribution in [0.4, 0.5) is 6.01 Å². The molecular weight excluding hydrogens is 232 g/mol. The van der Waals surface area contributed by atoms with Crippen molar-refractivity contribution in [2.45, 2.75) is 32.2 Å². The highest BCUT2D eigenvalue weighted by molar-refractivity contribution is 6.20. The van der Waals surface area contributed by atoms with Gasteiger partial charge in [0.2, 0.25) is 11.8 Å². The molecule has 1 amide bonds. The predicted octanol–water partition coefficient (Wildman–Crippen LogP) is 1.29. The van der Waals surface area contributed by atoms with Gasteiger partial charge in [-0.05, 0) is 12.8 Å². The van der Waals surface area contributed by atoms with Crippen molar-refractivity contribution in [3.05, 3.63) is 5.89 Å². The van der Waals surface area contributed by atoms with Gasteiger partial charge in [-0.2, -0.15) is 0 Å². The Morgan fingerprint density at radius 2 is 2.06 bits per heavy atom. The minimum Gasteiger partial charge on any atom is -0.406 e. The van der Waals surface area contributed by atoms with Gasteiger partial charge in [-0.15, -0.1) is 16.7 Å². The van der Waals surface area contributed by atoms with Crippen molar-refractivity contribution in [2.24, 2.45) is 11.7 Å². The molecule has 7 heteroatoms. The van der Waals surface area contributed by atoms with E-state index in [2.05, 4.69) is 15.5 Å². The number of nitrogens with zero attached hydrogens (tertiary/aromatic N) is 2. The second-order valence-corrected chi connectivity index (χ2v) is 4.48. The number of anilines is 1. The molecule has 2 atom stereocenters. The summed E-state index contributed by atoms with van der Waals surface area (Å²) >= 11 is 5.76. The highest BCUT2D eigenvalue weighted by atomic mass is 35.5. The van der Waals surface area contributed by atoms with Crippen LogP contribution in [0.15, 0.2) is 4.42 Å². The van der Waals surface area contributed by atoms with Crippen molar-refractivity contribution < 1.29 is 9.21 Å². The number of carbonyl (C=O) groups excluding carboxylic acids is 1. The van der Waals surface area contributed by atoms with Crippen molar-refractivity contribution in [2.75, 3.05) is 5.32 Å². The van der Waals surface area contributed by atoms with Crippen LogP contribution >= 0.6 is 11.6 Å². The summed E-state index contributed by atoms with van der Waals surface area (Å²) < 4.78 is 5.20. The zero-order valence-corrected chi connectivity index (χ0v) is 10.2. The summed E-state index contributed by atoms with van der Waals surface area (Å²) in [5.41, 5.74) is 5.23. The van der Waals surface area contributed by atoms with Crippen molar-refractivity contribution in [3.63, 3.8) is 0 Å². The molecule has 0 spiro atoms. The second kappa shape index (κ2) is 5.16. The van der Waals surface area contributed by atoms with Gasteiger partial charge in [0.15, 0.2) is 0 Å². The van der Waals surface area contributed by atoms with E-state index in [4.69, 9.17) is 21.8 Å². The van der Waals surface area contributed by atoms with Crippen LogP contribution in [-0.4, -0.2) is 22.1 Å². The summed E-state index contributed by atoms with van der Waals surface area (Å²) in [7, 11) is 0. The third-order valence-electron chi connectivity index (χ3n) is 2.03. The molecule has 16 heavy (non-hydrogen) atoms. The van der Waals surface area contributed by atoms with Gasteiger partial charge in [0, 0.05) is 0 Å². The molecule has 1 rings (SSSR count). The smallest absolute Gasteiger partial charge is 0.316 e. The number of nitrogens with one attached hydrogen (secondary N) is 1. The summed E-state index contributed by atoms with van der Waals surface area (Å²) in [6.45, 7) is 5.45. The first kappa shape index (κ1) is 12.8. The second-order valence-electron chi connectivity index (χ2n) is 3.83. The standard InChI is InChI=1S/C9H15ClN4O2/c1-4(2)6(7(11)15)12-9-14-13-8(16-9)5(3)10/h4-6H,1-3H3,(H2,11,15)(H,12,14). The fourth-order valence-corrected chi connectivity index (χ4v) is 1.24. The van der Waals surface area contributed by atoms with E-state index in [1.807, 2.05) is 13.8 Å². The first-order chi connectivity index (χ1) is 7.41.